The number of likely N-dealkylation sites (N-methyl/N-ethyl adjacent to an activating group) is 1. The molecule has 0 spiro atoms. The van der Waals surface area contributed by atoms with Gasteiger partial charge in [0.2, 0.25) is 0 Å². The van der Waals surface area contributed by atoms with E-state index in [0.29, 0.717) is 0 Å². The normalized spacial score (nSPS) is 36.9. The molecule has 0 radical (unpaired) electrons. The van der Waals surface area contributed by atoms with E-state index in [1.54, 1.807) is 0 Å². The maximum absolute atomic E-state index is 3.70. The number of piperazine rings is 1. The molecular formula is C11H22N2. The standard InChI is InChI=1S/C11H22N2/c1-8(2)11-6-12-10(7-13(11)3)9-4-5-9/h8-12H,4-7H2,1-3H3. The SMILES string of the molecule is CC(C)C1CNC(C2CC2)CN1C. The molecule has 0 aromatic carbocycles. The lowest BCUT2D eigenvalue weighted by atomic mass is 9.98. The van der Waals surface area contributed by atoms with Crippen LogP contribution in [0.2, 0.25) is 0 Å². The average Bonchev–Trinajstić information content (AvgIpc) is 2.85. The summed E-state index contributed by atoms with van der Waals surface area (Å²) in [4.78, 5) is 2.55. The molecule has 2 unspecified atom stereocenters. The van der Waals surface area contributed by atoms with Gasteiger partial charge >= 0.3 is 0 Å². The lowest BCUT2D eigenvalue weighted by Gasteiger charge is -2.40. The molecule has 2 atom stereocenters. The minimum absolute atomic E-state index is 0.745. The molecule has 1 aliphatic heterocycles. The minimum Gasteiger partial charge on any atom is -0.311 e. The molecule has 1 saturated carbocycles. The van der Waals surface area contributed by atoms with Crippen LogP contribution in [0.25, 0.3) is 0 Å². The first-order valence-electron chi connectivity index (χ1n) is 5.62. The second kappa shape index (κ2) is 3.58. The van der Waals surface area contributed by atoms with Gasteiger partial charge < -0.3 is 10.2 Å². The van der Waals surface area contributed by atoms with Crippen LogP contribution in [0.3, 0.4) is 0 Å². The van der Waals surface area contributed by atoms with Gasteiger partial charge in [-0.25, -0.2) is 0 Å². The van der Waals surface area contributed by atoms with Crippen LogP contribution in [0, 0.1) is 11.8 Å². The Morgan fingerprint density at radius 1 is 1.31 bits per heavy atom. The van der Waals surface area contributed by atoms with Crippen LogP contribution < -0.4 is 5.32 Å². The Kier molecular flexibility index (Phi) is 2.61. The molecule has 1 aliphatic carbocycles. The summed E-state index contributed by atoms with van der Waals surface area (Å²) >= 11 is 0. The first-order valence-corrected chi connectivity index (χ1v) is 5.62. The quantitative estimate of drug-likeness (QED) is 0.693. The van der Waals surface area contributed by atoms with Crippen LogP contribution in [0.5, 0.6) is 0 Å². The zero-order chi connectivity index (χ0) is 9.42. The van der Waals surface area contributed by atoms with Crippen LogP contribution in [0.4, 0.5) is 0 Å². The fourth-order valence-electron chi connectivity index (χ4n) is 2.50. The third kappa shape index (κ3) is 2.05. The van der Waals surface area contributed by atoms with Crippen molar-refractivity contribution in [3.8, 4) is 0 Å². The molecule has 1 heterocycles. The van der Waals surface area contributed by atoms with Gasteiger partial charge in [-0.15, -0.1) is 0 Å². The Bertz CT molecular complexity index is 175. The Hall–Kier alpha value is -0.0800. The van der Waals surface area contributed by atoms with Crippen molar-refractivity contribution in [1.82, 2.24) is 10.2 Å². The van der Waals surface area contributed by atoms with Crippen LogP contribution in [0.15, 0.2) is 0 Å². The van der Waals surface area contributed by atoms with Crippen molar-refractivity contribution in [3.63, 3.8) is 0 Å². The predicted molar refractivity (Wildman–Crippen MR) is 55.8 cm³/mol. The smallest absolute Gasteiger partial charge is 0.0241 e. The van der Waals surface area contributed by atoms with E-state index in [1.165, 1.54) is 25.9 Å². The van der Waals surface area contributed by atoms with E-state index >= 15 is 0 Å². The summed E-state index contributed by atoms with van der Waals surface area (Å²) in [6.45, 7) is 7.09. The van der Waals surface area contributed by atoms with E-state index in [2.05, 4.69) is 31.1 Å². The Morgan fingerprint density at radius 2 is 2.00 bits per heavy atom. The second-order valence-electron chi connectivity index (χ2n) is 5.10. The van der Waals surface area contributed by atoms with Gasteiger partial charge in [0, 0.05) is 25.2 Å². The van der Waals surface area contributed by atoms with Gasteiger partial charge in [-0.05, 0) is 31.7 Å². The molecule has 0 bridgehead atoms. The fourth-order valence-corrected chi connectivity index (χ4v) is 2.50. The lowest BCUT2D eigenvalue weighted by molar-refractivity contribution is 0.120. The highest BCUT2D eigenvalue weighted by atomic mass is 15.2. The highest BCUT2D eigenvalue weighted by Gasteiger charge is 2.36. The maximum Gasteiger partial charge on any atom is 0.0241 e. The summed E-state index contributed by atoms with van der Waals surface area (Å²) in [6.07, 6.45) is 2.91. The van der Waals surface area contributed by atoms with Gasteiger partial charge in [0.05, 0.1) is 0 Å². The molecule has 1 N–H and O–H groups in total. The van der Waals surface area contributed by atoms with Gasteiger partial charge in [-0.2, -0.15) is 0 Å². The van der Waals surface area contributed by atoms with Gasteiger partial charge in [0.25, 0.3) is 0 Å². The van der Waals surface area contributed by atoms with Crippen molar-refractivity contribution in [1.29, 1.82) is 0 Å². The Morgan fingerprint density at radius 3 is 2.46 bits per heavy atom. The highest BCUT2D eigenvalue weighted by Crippen LogP contribution is 2.34. The zero-order valence-electron chi connectivity index (χ0n) is 9.09. The van der Waals surface area contributed by atoms with Gasteiger partial charge in [0.1, 0.15) is 0 Å². The second-order valence-corrected chi connectivity index (χ2v) is 5.10. The summed E-state index contributed by atoms with van der Waals surface area (Å²) in [7, 11) is 2.28. The van der Waals surface area contributed by atoms with Crippen molar-refractivity contribution in [3.05, 3.63) is 0 Å². The maximum atomic E-state index is 3.70. The first-order chi connectivity index (χ1) is 6.18. The summed E-state index contributed by atoms with van der Waals surface area (Å²) in [6, 6.07) is 1.54. The number of hydrogen-bond donors (Lipinski definition) is 1. The molecule has 2 rings (SSSR count). The van der Waals surface area contributed by atoms with E-state index in [9.17, 15) is 0 Å². The van der Waals surface area contributed by atoms with Crippen LogP contribution in [-0.2, 0) is 0 Å². The molecule has 0 aromatic rings. The molecule has 1 saturated heterocycles. The van der Waals surface area contributed by atoms with Crippen LogP contribution >= 0.6 is 0 Å². The first kappa shape index (κ1) is 9.47. The summed E-state index contributed by atoms with van der Waals surface area (Å²) < 4.78 is 0. The van der Waals surface area contributed by atoms with Gasteiger partial charge in [-0.1, -0.05) is 13.8 Å². The van der Waals surface area contributed by atoms with Crippen LogP contribution in [0.1, 0.15) is 26.7 Å². The van der Waals surface area contributed by atoms with E-state index in [0.717, 1.165) is 23.9 Å². The summed E-state index contributed by atoms with van der Waals surface area (Å²) in [5.41, 5.74) is 0. The van der Waals surface area contributed by atoms with E-state index in [1.807, 2.05) is 0 Å². The molecule has 0 aromatic heterocycles. The highest BCUT2D eigenvalue weighted by molar-refractivity contribution is 4.94. The average molecular weight is 182 g/mol. The largest absolute Gasteiger partial charge is 0.311 e. The number of hydrogen-bond acceptors (Lipinski definition) is 2. The van der Waals surface area contributed by atoms with E-state index < -0.39 is 0 Å². The third-order valence-electron chi connectivity index (χ3n) is 3.60. The van der Waals surface area contributed by atoms with Crippen molar-refractivity contribution in [2.75, 3.05) is 20.1 Å². The topological polar surface area (TPSA) is 15.3 Å². The predicted octanol–water partition coefficient (Wildman–Crippen LogP) is 1.32. The van der Waals surface area contributed by atoms with Crippen molar-refractivity contribution >= 4 is 0 Å². The van der Waals surface area contributed by atoms with Gasteiger partial charge in [-0.3, -0.25) is 0 Å². The lowest BCUT2D eigenvalue weighted by Crippen LogP contribution is -2.57. The molecule has 2 heteroatoms. The van der Waals surface area contributed by atoms with Crippen molar-refractivity contribution in [2.45, 2.75) is 38.8 Å². The molecular weight excluding hydrogens is 160 g/mol. The molecule has 13 heavy (non-hydrogen) atoms. The third-order valence-corrected chi connectivity index (χ3v) is 3.60. The Labute approximate surface area is 81.7 Å². The molecule has 2 aliphatic rings. The monoisotopic (exact) mass is 182 g/mol. The fraction of sp³-hybridized carbons (Fsp3) is 1.00. The van der Waals surface area contributed by atoms with Crippen molar-refractivity contribution in [2.24, 2.45) is 11.8 Å². The summed E-state index contributed by atoms with van der Waals surface area (Å²) in [5.74, 6) is 1.77. The molecule has 0 amide bonds. The number of nitrogens with one attached hydrogen (secondary N) is 1. The summed E-state index contributed by atoms with van der Waals surface area (Å²) in [5, 5.41) is 3.70. The molecule has 2 fully saturated rings. The Balaban J connectivity index is 1.87. The minimum atomic E-state index is 0.745. The molecule has 76 valence electrons. The van der Waals surface area contributed by atoms with E-state index in [4.69, 9.17) is 0 Å². The van der Waals surface area contributed by atoms with E-state index in [-0.39, 0.29) is 0 Å². The number of nitrogens with zero attached hydrogens (tertiary/aromatic N) is 1. The molecule has 2 nitrogen and oxygen atoms in total. The van der Waals surface area contributed by atoms with Crippen LogP contribution in [-0.4, -0.2) is 37.1 Å². The number of rotatable bonds is 2. The zero-order valence-corrected chi connectivity index (χ0v) is 9.09. The van der Waals surface area contributed by atoms with Gasteiger partial charge in [0.15, 0.2) is 0 Å². The van der Waals surface area contributed by atoms with Crippen molar-refractivity contribution < 1.29 is 0 Å².